The quantitative estimate of drug-likeness (QED) is 0.601. The van der Waals surface area contributed by atoms with Crippen LogP contribution in [-0.4, -0.2) is 45.4 Å². The molecule has 1 aromatic heterocycles. The van der Waals surface area contributed by atoms with Crippen LogP contribution in [-0.2, 0) is 14.8 Å². The molecule has 0 aliphatic heterocycles. The maximum absolute atomic E-state index is 12.3. The van der Waals surface area contributed by atoms with E-state index in [-0.39, 0.29) is 17.5 Å². The van der Waals surface area contributed by atoms with Crippen LogP contribution in [0.2, 0.25) is 0 Å². The van der Waals surface area contributed by atoms with Crippen molar-refractivity contribution in [2.24, 2.45) is 11.7 Å². The summed E-state index contributed by atoms with van der Waals surface area (Å²) in [5.41, 5.74) is 6.03. The molecule has 1 atom stereocenters. The van der Waals surface area contributed by atoms with Crippen LogP contribution in [0.5, 0.6) is 5.75 Å². The number of alkyl halides is 2. The predicted octanol–water partition coefficient (Wildman–Crippen LogP) is 1.48. The van der Waals surface area contributed by atoms with E-state index in [2.05, 4.69) is 10.3 Å². The number of carbonyl (C=O) groups excluding carboxylic acids is 1. The zero-order valence-electron chi connectivity index (χ0n) is 15.0. The van der Waals surface area contributed by atoms with Gasteiger partial charge in [0.1, 0.15) is 16.5 Å². The number of nitrogens with one attached hydrogen (secondary N) is 2. The van der Waals surface area contributed by atoms with Crippen LogP contribution >= 0.6 is 0 Å². The Kier molecular flexibility index (Phi) is 7.45. The highest BCUT2D eigenvalue weighted by atomic mass is 32.2. The van der Waals surface area contributed by atoms with Gasteiger partial charge in [0.2, 0.25) is 15.9 Å². The van der Waals surface area contributed by atoms with E-state index in [0.29, 0.717) is 0 Å². The van der Waals surface area contributed by atoms with Gasteiger partial charge in [0, 0.05) is 6.07 Å². The van der Waals surface area contributed by atoms with Crippen LogP contribution in [0.25, 0.3) is 0 Å². The molecule has 1 heterocycles. The highest BCUT2D eigenvalue weighted by Gasteiger charge is 2.27. The van der Waals surface area contributed by atoms with E-state index in [0.717, 1.165) is 38.3 Å². The van der Waals surface area contributed by atoms with Gasteiger partial charge in [-0.1, -0.05) is 19.3 Å². The number of sulfonamides is 1. The van der Waals surface area contributed by atoms with E-state index in [9.17, 15) is 22.0 Å². The number of hydrogen-bond donors (Lipinski definition) is 3. The summed E-state index contributed by atoms with van der Waals surface area (Å²) in [6.45, 7) is -1.03. The molecule has 0 unspecified atom stereocenters. The fourth-order valence-electron chi connectivity index (χ4n) is 3.02. The van der Waals surface area contributed by atoms with Crippen molar-refractivity contribution in [1.29, 1.82) is 0 Å². The minimum atomic E-state index is -4.23. The number of anilines is 1. The molecule has 11 heteroatoms. The zero-order chi connectivity index (χ0) is 20.0. The van der Waals surface area contributed by atoms with Crippen LogP contribution < -0.4 is 20.5 Å². The third kappa shape index (κ3) is 5.81. The summed E-state index contributed by atoms with van der Waals surface area (Å²) in [7, 11) is -3.01. The van der Waals surface area contributed by atoms with Crippen molar-refractivity contribution in [3.63, 3.8) is 0 Å². The Hall–Kier alpha value is -1.85. The van der Waals surface area contributed by atoms with Crippen LogP contribution in [0, 0.1) is 5.92 Å². The first-order valence-corrected chi connectivity index (χ1v) is 10.1. The fourth-order valence-corrected chi connectivity index (χ4v) is 4.12. The van der Waals surface area contributed by atoms with Crippen molar-refractivity contribution in [1.82, 2.24) is 9.71 Å². The molecule has 1 amide bonds. The van der Waals surface area contributed by atoms with Gasteiger partial charge in [-0.25, -0.2) is 26.9 Å². The Morgan fingerprint density at radius 1 is 1.37 bits per heavy atom. The average Bonchev–Trinajstić information content (AvgIpc) is 2.66. The lowest BCUT2D eigenvalue weighted by Gasteiger charge is -2.26. The van der Waals surface area contributed by atoms with Gasteiger partial charge >= 0.3 is 0 Å². The summed E-state index contributed by atoms with van der Waals surface area (Å²) < 4.78 is 55.5. The van der Waals surface area contributed by atoms with Crippen molar-refractivity contribution in [2.45, 2.75) is 49.5 Å². The number of carbonyl (C=O) groups is 1. The number of methoxy groups -OCH3 is 1. The monoisotopic (exact) mass is 406 g/mol. The molecular formula is C16H24F2N4O4S. The van der Waals surface area contributed by atoms with E-state index in [1.807, 2.05) is 0 Å². The van der Waals surface area contributed by atoms with Gasteiger partial charge in [0.15, 0.2) is 0 Å². The van der Waals surface area contributed by atoms with E-state index in [1.54, 1.807) is 4.72 Å². The van der Waals surface area contributed by atoms with Crippen molar-refractivity contribution in [3.8, 4) is 5.75 Å². The minimum absolute atomic E-state index is 0.0657. The SMILES string of the molecule is COc1cc(NC(=O)[C@@H](N)C2CCCCC2)ncc1S(=O)(=O)NCC(F)F. The maximum atomic E-state index is 12.3. The highest BCUT2D eigenvalue weighted by molar-refractivity contribution is 7.89. The fraction of sp³-hybridized carbons (Fsp3) is 0.625. The Bertz CT molecular complexity index is 755. The summed E-state index contributed by atoms with van der Waals surface area (Å²) in [6, 6.07) is 0.525. The van der Waals surface area contributed by atoms with Crippen LogP contribution in [0.1, 0.15) is 32.1 Å². The zero-order valence-corrected chi connectivity index (χ0v) is 15.8. The summed E-state index contributed by atoms with van der Waals surface area (Å²) in [5.74, 6) is -0.383. The summed E-state index contributed by atoms with van der Waals surface area (Å²) in [6.07, 6.45) is 3.09. The third-order valence-electron chi connectivity index (χ3n) is 4.48. The first-order chi connectivity index (χ1) is 12.7. The minimum Gasteiger partial charge on any atom is -0.495 e. The molecule has 1 aliphatic carbocycles. The Morgan fingerprint density at radius 3 is 2.63 bits per heavy atom. The van der Waals surface area contributed by atoms with Gasteiger partial charge in [0.05, 0.1) is 25.9 Å². The number of halogens is 2. The molecule has 1 fully saturated rings. The number of amides is 1. The standard InChI is InChI=1S/C16H24F2N4O4S/c1-26-11-7-14(20-8-12(11)27(24,25)21-9-13(17)18)22-16(23)15(19)10-5-3-2-4-6-10/h7-8,10,13,15,21H,2-6,9,19H2,1H3,(H,20,22,23)/t15-/m0/s1. The molecule has 0 saturated heterocycles. The molecule has 1 aliphatic rings. The van der Waals surface area contributed by atoms with Crippen molar-refractivity contribution in [3.05, 3.63) is 12.3 Å². The number of ether oxygens (including phenoxy) is 1. The molecule has 0 radical (unpaired) electrons. The van der Waals surface area contributed by atoms with Gasteiger partial charge < -0.3 is 15.8 Å². The molecular weight excluding hydrogens is 382 g/mol. The molecule has 27 heavy (non-hydrogen) atoms. The average molecular weight is 406 g/mol. The number of hydrogen-bond acceptors (Lipinski definition) is 6. The summed E-state index contributed by atoms with van der Waals surface area (Å²) in [4.78, 5) is 15.8. The molecule has 152 valence electrons. The second kappa shape index (κ2) is 9.38. The van der Waals surface area contributed by atoms with Crippen LogP contribution in [0.15, 0.2) is 17.2 Å². The van der Waals surface area contributed by atoms with Gasteiger partial charge in [-0.2, -0.15) is 0 Å². The van der Waals surface area contributed by atoms with Crippen LogP contribution in [0.3, 0.4) is 0 Å². The smallest absolute Gasteiger partial charge is 0.251 e. The van der Waals surface area contributed by atoms with E-state index >= 15 is 0 Å². The van der Waals surface area contributed by atoms with Gasteiger partial charge in [-0.3, -0.25) is 4.79 Å². The number of nitrogens with two attached hydrogens (primary N) is 1. The van der Waals surface area contributed by atoms with E-state index < -0.39 is 39.8 Å². The summed E-state index contributed by atoms with van der Waals surface area (Å²) in [5, 5.41) is 2.55. The first-order valence-electron chi connectivity index (χ1n) is 8.63. The lowest BCUT2D eigenvalue weighted by molar-refractivity contribution is -0.118. The van der Waals surface area contributed by atoms with Crippen molar-refractivity contribution in [2.75, 3.05) is 19.0 Å². The topological polar surface area (TPSA) is 123 Å². The lowest BCUT2D eigenvalue weighted by Crippen LogP contribution is -2.42. The number of aromatic nitrogens is 1. The number of nitrogens with zero attached hydrogens (tertiary/aromatic N) is 1. The lowest BCUT2D eigenvalue weighted by atomic mass is 9.84. The molecule has 0 bridgehead atoms. The third-order valence-corrected chi connectivity index (χ3v) is 5.91. The van der Waals surface area contributed by atoms with Crippen molar-refractivity contribution >= 4 is 21.7 Å². The Balaban J connectivity index is 2.11. The second-order valence-electron chi connectivity index (χ2n) is 6.38. The van der Waals surface area contributed by atoms with Crippen LogP contribution in [0.4, 0.5) is 14.6 Å². The van der Waals surface area contributed by atoms with E-state index in [1.165, 1.54) is 13.2 Å². The largest absolute Gasteiger partial charge is 0.495 e. The normalized spacial score (nSPS) is 16.9. The van der Waals surface area contributed by atoms with Crippen molar-refractivity contribution < 1.29 is 26.7 Å². The molecule has 2 rings (SSSR count). The first kappa shape index (κ1) is 21.5. The Labute approximate surface area is 156 Å². The number of pyridine rings is 1. The molecule has 4 N–H and O–H groups in total. The molecule has 1 aromatic rings. The molecule has 0 aromatic carbocycles. The molecule has 0 spiro atoms. The Morgan fingerprint density at radius 2 is 2.04 bits per heavy atom. The maximum Gasteiger partial charge on any atom is 0.251 e. The van der Waals surface area contributed by atoms with Gasteiger partial charge in [0.25, 0.3) is 6.43 Å². The molecule has 8 nitrogen and oxygen atoms in total. The van der Waals surface area contributed by atoms with Gasteiger partial charge in [-0.05, 0) is 18.8 Å². The van der Waals surface area contributed by atoms with Gasteiger partial charge in [-0.15, -0.1) is 0 Å². The highest BCUT2D eigenvalue weighted by Crippen LogP contribution is 2.28. The number of rotatable bonds is 8. The predicted molar refractivity (Wildman–Crippen MR) is 95.2 cm³/mol. The molecule has 1 saturated carbocycles. The van der Waals surface area contributed by atoms with E-state index in [4.69, 9.17) is 10.5 Å². The second-order valence-corrected chi connectivity index (χ2v) is 8.11. The summed E-state index contributed by atoms with van der Waals surface area (Å²) >= 11 is 0.